The topological polar surface area (TPSA) is 44.8 Å². The van der Waals surface area contributed by atoms with Gasteiger partial charge in [-0.3, -0.25) is 0 Å². The van der Waals surface area contributed by atoms with Crippen molar-refractivity contribution in [3.8, 4) is 11.5 Å². The van der Waals surface area contributed by atoms with E-state index in [0.717, 1.165) is 34.3 Å². The van der Waals surface area contributed by atoms with Gasteiger partial charge in [0, 0.05) is 11.8 Å². The van der Waals surface area contributed by atoms with E-state index in [0.29, 0.717) is 35.4 Å². The van der Waals surface area contributed by atoms with Gasteiger partial charge in [0.05, 0.1) is 10.2 Å². The van der Waals surface area contributed by atoms with Crippen LogP contribution in [-0.2, 0) is 9.53 Å². The normalized spacial score (nSPS) is 34.1. The minimum atomic E-state index is -0.568. The molecular weight excluding hydrogens is 479 g/mol. The van der Waals surface area contributed by atoms with Crippen molar-refractivity contribution in [3.05, 3.63) is 40.5 Å². The highest BCUT2D eigenvalue weighted by atomic mass is 127. The first-order chi connectivity index (χ1) is 13.9. The summed E-state index contributed by atoms with van der Waals surface area (Å²) in [7, 11) is 0. The molecule has 5 unspecified atom stereocenters. The van der Waals surface area contributed by atoms with E-state index in [1.807, 2.05) is 25.1 Å². The summed E-state index contributed by atoms with van der Waals surface area (Å²) in [6.07, 6.45) is 8.45. The summed E-state index contributed by atoms with van der Waals surface area (Å²) in [5, 5.41) is 0. The lowest BCUT2D eigenvalue weighted by Crippen LogP contribution is -2.50. The molecule has 3 aliphatic carbocycles. The fraction of sp³-hybridized carbons (Fsp3) is 0.542. The smallest absolute Gasteiger partial charge is 0.345 e. The summed E-state index contributed by atoms with van der Waals surface area (Å²) in [6, 6.07) is 3.83. The molecule has 0 aliphatic heterocycles. The molecule has 4 rings (SSSR count). The predicted molar refractivity (Wildman–Crippen MR) is 122 cm³/mol. The first kappa shape index (κ1) is 20.8. The number of carbonyl (C=O) groups excluding carboxylic acids is 1. The van der Waals surface area contributed by atoms with Gasteiger partial charge in [0.25, 0.3) is 0 Å². The Kier molecular flexibility index (Phi) is 5.47. The van der Waals surface area contributed by atoms with Gasteiger partial charge in [-0.2, -0.15) is 0 Å². The third-order valence-electron chi connectivity index (χ3n) is 7.21. The van der Waals surface area contributed by atoms with E-state index in [2.05, 4.69) is 42.7 Å². The minimum absolute atomic E-state index is 0.146. The summed E-state index contributed by atoms with van der Waals surface area (Å²) in [6.45, 7) is 12.4. The summed E-state index contributed by atoms with van der Waals surface area (Å²) >= 11 is 2.19. The zero-order chi connectivity index (χ0) is 20.8. The molecule has 3 fully saturated rings. The number of halogens is 1. The van der Waals surface area contributed by atoms with Crippen LogP contribution in [0.4, 0.5) is 0 Å². The Bertz CT molecular complexity index is 850. The van der Waals surface area contributed by atoms with Gasteiger partial charge in [0.1, 0.15) is 5.60 Å². The number of fused-ring (bicyclic) bond motifs is 1. The molecule has 3 aliphatic rings. The first-order valence-corrected chi connectivity index (χ1v) is 11.5. The Labute approximate surface area is 186 Å². The monoisotopic (exact) mass is 508 g/mol. The van der Waals surface area contributed by atoms with Crippen LogP contribution in [0.2, 0.25) is 0 Å². The van der Waals surface area contributed by atoms with Gasteiger partial charge >= 0.3 is 5.97 Å². The van der Waals surface area contributed by atoms with Crippen molar-refractivity contribution in [2.45, 2.75) is 45.1 Å². The van der Waals surface area contributed by atoms with Crippen LogP contribution >= 0.6 is 22.6 Å². The molecular formula is C24H29IO4. The lowest BCUT2D eigenvalue weighted by molar-refractivity contribution is -0.173. The molecule has 0 radical (unpaired) electrons. The fourth-order valence-corrected chi connectivity index (χ4v) is 6.62. The van der Waals surface area contributed by atoms with E-state index >= 15 is 0 Å². The number of carbonyl (C=O) groups is 1. The highest BCUT2D eigenvalue weighted by Crippen LogP contribution is 2.74. The number of rotatable bonds is 8. The van der Waals surface area contributed by atoms with Crippen molar-refractivity contribution in [3.63, 3.8) is 0 Å². The maximum absolute atomic E-state index is 12.8. The van der Waals surface area contributed by atoms with Gasteiger partial charge in [-0.1, -0.05) is 26.2 Å². The van der Waals surface area contributed by atoms with Crippen molar-refractivity contribution in [1.82, 2.24) is 0 Å². The quantitative estimate of drug-likeness (QED) is 0.259. The van der Waals surface area contributed by atoms with Crippen LogP contribution in [0.25, 0.3) is 6.08 Å². The van der Waals surface area contributed by atoms with Crippen molar-refractivity contribution in [1.29, 1.82) is 0 Å². The number of hydrogen-bond acceptors (Lipinski definition) is 4. The standard InChI is InChI=1S/C24H29IO4/c1-5-16-8-19(25)22(20(9-16)27-7-3)28-14-21(26)29-24(6-2)15(4)11-23-12-17(23)10-18(24)13-23/h5-6,8-9,15,17-18H,1-2,7,10-14H2,3-4H3. The second-order valence-corrected chi connectivity index (χ2v) is 9.96. The maximum Gasteiger partial charge on any atom is 0.345 e. The van der Waals surface area contributed by atoms with Crippen molar-refractivity contribution < 1.29 is 19.0 Å². The average molecular weight is 508 g/mol. The number of ether oxygens (including phenoxy) is 3. The summed E-state index contributed by atoms with van der Waals surface area (Å²) in [5.41, 5.74) is 0.916. The van der Waals surface area contributed by atoms with Crippen LogP contribution in [0.3, 0.4) is 0 Å². The molecule has 3 saturated carbocycles. The molecule has 4 nitrogen and oxygen atoms in total. The Balaban J connectivity index is 1.46. The van der Waals surface area contributed by atoms with E-state index in [1.165, 1.54) is 6.42 Å². The highest BCUT2D eigenvalue weighted by molar-refractivity contribution is 14.1. The Morgan fingerprint density at radius 3 is 2.69 bits per heavy atom. The van der Waals surface area contributed by atoms with E-state index in [9.17, 15) is 4.79 Å². The van der Waals surface area contributed by atoms with Crippen LogP contribution in [0.5, 0.6) is 11.5 Å². The SMILES string of the molecule is C=Cc1cc(I)c(OCC(=O)OC2(C=C)C(C)CC34CC3CC2C4)c(OCC)c1. The molecule has 29 heavy (non-hydrogen) atoms. The van der Waals surface area contributed by atoms with Crippen LogP contribution in [-0.4, -0.2) is 24.8 Å². The Morgan fingerprint density at radius 2 is 2.00 bits per heavy atom. The van der Waals surface area contributed by atoms with Gasteiger partial charge in [0.15, 0.2) is 18.1 Å². The van der Waals surface area contributed by atoms with Crippen LogP contribution < -0.4 is 9.47 Å². The summed E-state index contributed by atoms with van der Waals surface area (Å²) in [5.74, 6) is 2.34. The molecule has 0 amide bonds. The van der Waals surface area contributed by atoms with Crippen molar-refractivity contribution in [2.24, 2.45) is 23.2 Å². The predicted octanol–water partition coefficient (Wildman–Crippen LogP) is 5.64. The van der Waals surface area contributed by atoms with Gasteiger partial charge < -0.3 is 14.2 Å². The van der Waals surface area contributed by atoms with Crippen molar-refractivity contribution >= 4 is 34.6 Å². The molecule has 1 aromatic rings. The lowest BCUT2D eigenvalue weighted by atomic mass is 9.66. The molecule has 1 spiro atoms. The molecule has 0 aromatic heterocycles. The van der Waals surface area contributed by atoms with Crippen LogP contribution in [0.1, 0.15) is 45.1 Å². The number of hydrogen-bond donors (Lipinski definition) is 0. The molecule has 1 aromatic carbocycles. The molecule has 0 heterocycles. The van der Waals surface area contributed by atoms with Gasteiger partial charge in [0.2, 0.25) is 0 Å². The minimum Gasteiger partial charge on any atom is -0.490 e. The Hall–Kier alpha value is -1.50. The Morgan fingerprint density at radius 1 is 1.24 bits per heavy atom. The van der Waals surface area contributed by atoms with E-state index in [4.69, 9.17) is 14.2 Å². The molecule has 0 N–H and O–H groups in total. The zero-order valence-corrected chi connectivity index (χ0v) is 19.4. The first-order valence-electron chi connectivity index (χ1n) is 10.4. The second-order valence-electron chi connectivity index (χ2n) is 8.79. The molecule has 2 bridgehead atoms. The number of benzene rings is 1. The van der Waals surface area contributed by atoms with E-state index < -0.39 is 5.60 Å². The van der Waals surface area contributed by atoms with Gasteiger partial charge in [-0.25, -0.2) is 4.79 Å². The second kappa shape index (κ2) is 7.64. The van der Waals surface area contributed by atoms with Crippen LogP contribution in [0, 0.1) is 26.7 Å². The molecule has 5 atom stereocenters. The third-order valence-corrected chi connectivity index (χ3v) is 8.01. The van der Waals surface area contributed by atoms with Crippen molar-refractivity contribution in [2.75, 3.05) is 13.2 Å². The van der Waals surface area contributed by atoms with Crippen LogP contribution in [0.15, 0.2) is 31.4 Å². The largest absolute Gasteiger partial charge is 0.490 e. The maximum atomic E-state index is 12.8. The third kappa shape index (κ3) is 3.49. The average Bonchev–Trinajstić information content (AvgIpc) is 3.24. The van der Waals surface area contributed by atoms with Gasteiger partial charge in [-0.05, 0) is 90.3 Å². The van der Waals surface area contributed by atoms with Gasteiger partial charge in [-0.15, -0.1) is 0 Å². The fourth-order valence-electron chi connectivity index (χ4n) is 5.84. The summed E-state index contributed by atoms with van der Waals surface area (Å²) < 4.78 is 18.6. The van der Waals surface area contributed by atoms with E-state index in [-0.39, 0.29) is 12.6 Å². The molecule has 0 saturated heterocycles. The number of esters is 1. The highest BCUT2D eigenvalue weighted by Gasteiger charge is 2.69. The summed E-state index contributed by atoms with van der Waals surface area (Å²) in [4.78, 5) is 12.8. The molecule has 5 heteroatoms. The lowest BCUT2D eigenvalue weighted by Gasteiger charge is -2.46. The van der Waals surface area contributed by atoms with E-state index in [1.54, 1.807) is 6.08 Å². The molecule has 156 valence electrons. The zero-order valence-electron chi connectivity index (χ0n) is 17.2.